The Kier molecular flexibility index (Phi) is 6.76. The topological polar surface area (TPSA) is 171 Å². The number of halogens is 3. The van der Waals surface area contributed by atoms with E-state index in [4.69, 9.17) is 4.74 Å². The summed E-state index contributed by atoms with van der Waals surface area (Å²) in [4.78, 5) is 57.1. The number of amides is 1. The van der Waals surface area contributed by atoms with Gasteiger partial charge in [0.2, 0.25) is 0 Å². The van der Waals surface area contributed by atoms with E-state index < -0.39 is 40.8 Å². The summed E-state index contributed by atoms with van der Waals surface area (Å²) in [6, 6.07) is 8.89. The molecule has 0 unspecified atom stereocenters. The highest BCUT2D eigenvalue weighted by Gasteiger charge is 2.34. The van der Waals surface area contributed by atoms with Gasteiger partial charge in [0.15, 0.2) is 11.2 Å². The number of carboxylic acids is 2. The molecule has 0 bridgehead atoms. The SMILES string of the molecule is O=C(O)/C=C(/C(=O)O)N(C(=O)c1cccc(C(F)(F)F)c1)c1ccc(Oc2ncnc3[nH]cnc23)c2cccnc12. The number of fused-ring (bicyclic) bond motifs is 2. The molecule has 1 amide bonds. The van der Waals surface area contributed by atoms with Crippen LogP contribution in [0, 0.1) is 0 Å². The van der Waals surface area contributed by atoms with Crippen LogP contribution in [0.2, 0.25) is 0 Å². The van der Waals surface area contributed by atoms with Gasteiger partial charge in [-0.3, -0.25) is 14.7 Å². The minimum atomic E-state index is -4.80. The van der Waals surface area contributed by atoms with Gasteiger partial charge in [0.05, 0.1) is 29.2 Å². The van der Waals surface area contributed by atoms with Crippen molar-refractivity contribution in [3.05, 3.63) is 90.3 Å². The van der Waals surface area contributed by atoms with Crippen LogP contribution in [0.4, 0.5) is 18.9 Å². The first-order valence-electron chi connectivity index (χ1n) is 11.4. The van der Waals surface area contributed by atoms with Crippen molar-refractivity contribution in [2.24, 2.45) is 0 Å². The number of anilines is 1. The van der Waals surface area contributed by atoms with E-state index in [2.05, 4.69) is 24.9 Å². The first kappa shape index (κ1) is 26.7. The third-order valence-electron chi connectivity index (χ3n) is 5.70. The predicted molar refractivity (Wildman–Crippen MR) is 135 cm³/mol. The molecular weight excluding hydrogens is 549 g/mol. The molecule has 41 heavy (non-hydrogen) atoms. The first-order chi connectivity index (χ1) is 19.5. The second kappa shape index (κ2) is 10.4. The molecule has 15 heteroatoms. The zero-order chi connectivity index (χ0) is 29.3. The molecule has 12 nitrogen and oxygen atoms in total. The average molecular weight is 564 g/mol. The van der Waals surface area contributed by atoms with E-state index in [1.54, 1.807) is 0 Å². The lowest BCUT2D eigenvalue weighted by Crippen LogP contribution is -2.35. The Labute approximate surface area is 226 Å². The normalized spacial score (nSPS) is 11.9. The minimum absolute atomic E-state index is 0.0322. The van der Waals surface area contributed by atoms with Gasteiger partial charge >= 0.3 is 18.1 Å². The Bertz CT molecular complexity index is 1870. The number of rotatable bonds is 7. The second-order valence-corrected chi connectivity index (χ2v) is 8.26. The summed E-state index contributed by atoms with van der Waals surface area (Å²) in [5, 5.41) is 19.4. The van der Waals surface area contributed by atoms with E-state index in [0.29, 0.717) is 22.1 Å². The van der Waals surface area contributed by atoms with Crippen LogP contribution >= 0.6 is 0 Å². The summed E-state index contributed by atoms with van der Waals surface area (Å²) >= 11 is 0. The van der Waals surface area contributed by atoms with Crippen LogP contribution in [-0.4, -0.2) is 53.0 Å². The Morgan fingerprint density at radius 1 is 0.951 bits per heavy atom. The third kappa shape index (κ3) is 5.23. The lowest BCUT2D eigenvalue weighted by molar-refractivity contribution is -0.137. The molecule has 3 N–H and O–H groups in total. The summed E-state index contributed by atoms with van der Waals surface area (Å²) in [5.74, 6) is -4.60. The highest BCUT2D eigenvalue weighted by Crippen LogP contribution is 2.38. The van der Waals surface area contributed by atoms with Crippen molar-refractivity contribution in [1.82, 2.24) is 24.9 Å². The number of nitrogens with one attached hydrogen (secondary N) is 1. The van der Waals surface area contributed by atoms with Crippen molar-refractivity contribution in [3.63, 3.8) is 0 Å². The van der Waals surface area contributed by atoms with Crippen molar-refractivity contribution < 1.29 is 42.5 Å². The Morgan fingerprint density at radius 2 is 1.76 bits per heavy atom. The van der Waals surface area contributed by atoms with Gasteiger partial charge in [0.25, 0.3) is 11.8 Å². The van der Waals surface area contributed by atoms with Crippen molar-refractivity contribution in [2.45, 2.75) is 6.18 Å². The average Bonchev–Trinajstić information content (AvgIpc) is 3.43. The van der Waals surface area contributed by atoms with E-state index in [1.165, 1.54) is 43.1 Å². The number of hydrogen-bond acceptors (Lipinski definition) is 8. The molecule has 0 fully saturated rings. The fourth-order valence-electron chi connectivity index (χ4n) is 3.97. The molecule has 3 heterocycles. The number of ether oxygens (including phenoxy) is 1. The fourth-order valence-corrected chi connectivity index (χ4v) is 3.97. The van der Waals surface area contributed by atoms with Crippen LogP contribution < -0.4 is 9.64 Å². The summed E-state index contributed by atoms with van der Waals surface area (Å²) < 4.78 is 46.1. The van der Waals surface area contributed by atoms with E-state index in [-0.39, 0.29) is 34.3 Å². The number of pyridine rings is 1. The number of carboxylic acid groups (broad SMARTS) is 2. The number of aromatic nitrogens is 5. The highest BCUT2D eigenvalue weighted by molar-refractivity contribution is 6.18. The van der Waals surface area contributed by atoms with Gasteiger partial charge < -0.3 is 19.9 Å². The molecule has 0 aliphatic carbocycles. The molecule has 0 aliphatic rings. The van der Waals surface area contributed by atoms with E-state index in [9.17, 15) is 37.8 Å². The van der Waals surface area contributed by atoms with E-state index in [1.807, 2.05) is 0 Å². The van der Waals surface area contributed by atoms with Crippen LogP contribution in [0.25, 0.3) is 22.1 Å². The van der Waals surface area contributed by atoms with Crippen LogP contribution in [-0.2, 0) is 15.8 Å². The van der Waals surface area contributed by atoms with Gasteiger partial charge in [-0.05, 0) is 42.5 Å². The number of alkyl halides is 3. The van der Waals surface area contributed by atoms with Gasteiger partial charge in [-0.15, -0.1) is 0 Å². The highest BCUT2D eigenvalue weighted by atomic mass is 19.4. The Morgan fingerprint density at radius 3 is 2.49 bits per heavy atom. The molecule has 5 rings (SSSR count). The maximum atomic E-state index is 13.7. The number of nitrogens with zero attached hydrogens (tertiary/aromatic N) is 5. The lowest BCUT2D eigenvalue weighted by Gasteiger charge is -2.25. The molecule has 0 aliphatic heterocycles. The molecule has 0 saturated carbocycles. The van der Waals surface area contributed by atoms with Gasteiger partial charge in [-0.2, -0.15) is 18.2 Å². The molecule has 2 aromatic carbocycles. The van der Waals surface area contributed by atoms with Crippen LogP contribution in [0.1, 0.15) is 15.9 Å². The summed E-state index contributed by atoms with van der Waals surface area (Å²) in [5.41, 5.74) is -2.35. The maximum absolute atomic E-state index is 13.7. The molecule has 0 spiro atoms. The van der Waals surface area contributed by atoms with Crippen LogP contribution in [0.5, 0.6) is 11.6 Å². The number of aliphatic carboxylic acids is 2. The number of carbonyl (C=O) groups excluding carboxylic acids is 1. The molecule has 0 radical (unpaired) electrons. The predicted octanol–water partition coefficient (Wildman–Crippen LogP) is 4.41. The third-order valence-corrected chi connectivity index (χ3v) is 5.70. The summed E-state index contributed by atoms with van der Waals surface area (Å²) in [6.07, 6.45) is -0.616. The van der Waals surface area contributed by atoms with E-state index >= 15 is 0 Å². The largest absolute Gasteiger partial charge is 0.478 e. The number of imidazole rings is 1. The number of aromatic amines is 1. The van der Waals surface area contributed by atoms with Crippen molar-refractivity contribution in [3.8, 4) is 11.6 Å². The molecule has 5 aromatic rings. The van der Waals surface area contributed by atoms with Gasteiger partial charge in [0.1, 0.15) is 17.8 Å². The Hall–Kier alpha value is -5.86. The van der Waals surface area contributed by atoms with Crippen molar-refractivity contribution in [1.29, 1.82) is 0 Å². The maximum Gasteiger partial charge on any atom is 0.416 e. The van der Waals surface area contributed by atoms with E-state index in [0.717, 1.165) is 18.2 Å². The van der Waals surface area contributed by atoms with Gasteiger partial charge in [-0.1, -0.05) is 6.07 Å². The second-order valence-electron chi connectivity index (χ2n) is 8.26. The summed E-state index contributed by atoms with van der Waals surface area (Å²) in [7, 11) is 0. The number of H-pyrrole nitrogens is 1. The van der Waals surface area contributed by atoms with Crippen molar-refractivity contribution >= 4 is 45.6 Å². The smallest absolute Gasteiger partial charge is 0.416 e. The first-order valence-corrected chi connectivity index (χ1v) is 11.4. The van der Waals surface area contributed by atoms with Crippen molar-refractivity contribution in [2.75, 3.05) is 4.90 Å². The molecule has 3 aromatic heterocycles. The Balaban J connectivity index is 1.70. The van der Waals surface area contributed by atoms with Crippen LogP contribution in [0.3, 0.4) is 0 Å². The van der Waals surface area contributed by atoms with Crippen LogP contribution in [0.15, 0.2) is 79.2 Å². The number of benzene rings is 2. The minimum Gasteiger partial charge on any atom is -0.478 e. The molecular formula is C26H15F3N6O6. The molecule has 206 valence electrons. The van der Waals surface area contributed by atoms with Gasteiger partial charge in [-0.25, -0.2) is 19.6 Å². The monoisotopic (exact) mass is 564 g/mol. The number of carbonyl (C=O) groups is 3. The number of hydrogen-bond donors (Lipinski definition) is 3. The quantitative estimate of drug-likeness (QED) is 0.240. The lowest BCUT2D eigenvalue weighted by atomic mass is 10.1. The summed E-state index contributed by atoms with van der Waals surface area (Å²) in [6.45, 7) is 0. The zero-order valence-corrected chi connectivity index (χ0v) is 20.3. The zero-order valence-electron chi connectivity index (χ0n) is 20.3. The molecule has 0 atom stereocenters. The van der Waals surface area contributed by atoms with Gasteiger partial charge in [0, 0.05) is 17.1 Å². The fraction of sp³-hybridized carbons (Fsp3) is 0.0385. The standard InChI is InChI=1S/C26H15F3N6O6/c27-26(28,29)14-4-1-3-13(9-14)24(38)35(17(25(39)40)10-19(36)37)16-6-7-18(15-5-2-8-30-20(15)16)41-23-21-22(32-11-31-21)33-12-34-23/h1-12H,(H,36,37)(H,39,40)(H,31,32,33,34)/b17-10-. The molecule has 0 saturated heterocycles.